The molecule has 1 aliphatic carbocycles. The van der Waals surface area contributed by atoms with Crippen LogP contribution in [0, 0.1) is 11.6 Å². The highest BCUT2D eigenvalue weighted by Crippen LogP contribution is 2.38. The van der Waals surface area contributed by atoms with Crippen LogP contribution in [-0.4, -0.2) is 14.2 Å². The highest BCUT2D eigenvalue weighted by Gasteiger charge is 2.25. The number of fused-ring (bicyclic) bond motifs is 1. The molecule has 2 nitrogen and oxygen atoms in total. The predicted octanol–water partition coefficient (Wildman–Crippen LogP) is 3.83. The number of nitrogens with one attached hydrogen (secondary N) is 1. The fraction of sp³-hybridized carbons (Fsp3) is 0.375. The zero-order valence-electron chi connectivity index (χ0n) is 12.0. The minimum atomic E-state index is -0.584. The third-order valence-electron chi connectivity index (χ3n) is 3.92. The van der Waals surface area contributed by atoms with Gasteiger partial charge in [-0.3, -0.25) is 0 Å². The van der Waals surface area contributed by atoms with Crippen molar-refractivity contribution < 1.29 is 13.5 Å². The van der Waals surface area contributed by atoms with Gasteiger partial charge in [-0.1, -0.05) is 0 Å². The molecular formula is C16H17F2NOS. The van der Waals surface area contributed by atoms with E-state index in [1.807, 2.05) is 0 Å². The molecule has 0 bridgehead atoms. The van der Waals surface area contributed by atoms with Crippen LogP contribution < -0.4 is 10.1 Å². The summed E-state index contributed by atoms with van der Waals surface area (Å²) in [5, 5.41) is 3.03. The summed E-state index contributed by atoms with van der Waals surface area (Å²) in [4.78, 5) is 2.31. The van der Waals surface area contributed by atoms with Crippen LogP contribution in [0.2, 0.25) is 0 Å². The van der Waals surface area contributed by atoms with E-state index in [1.165, 1.54) is 36.1 Å². The van der Waals surface area contributed by atoms with Gasteiger partial charge in [0.25, 0.3) is 0 Å². The molecule has 5 heteroatoms. The quantitative estimate of drug-likeness (QED) is 0.927. The number of hydrogen-bond donors (Lipinski definition) is 1. The molecule has 2 aromatic rings. The number of thiophene rings is 1. The van der Waals surface area contributed by atoms with E-state index in [4.69, 9.17) is 4.74 Å². The first kappa shape index (κ1) is 14.5. The largest absolute Gasteiger partial charge is 0.497 e. The molecule has 0 amide bonds. The molecule has 112 valence electrons. The molecule has 0 aliphatic heterocycles. The lowest BCUT2D eigenvalue weighted by Gasteiger charge is -2.17. The maximum absolute atomic E-state index is 14.3. The van der Waals surface area contributed by atoms with Crippen molar-refractivity contribution in [1.82, 2.24) is 5.32 Å². The lowest BCUT2D eigenvalue weighted by atomic mass is 10.0. The minimum absolute atomic E-state index is 0.0539. The van der Waals surface area contributed by atoms with Crippen LogP contribution in [0.15, 0.2) is 18.2 Å². The average Bonchev–Trinajstić information content (AvgIpc) is 3.03. The molecule has 1 atom stereocenters. The molecule has 0 spiro atoms. The van der Waals surface area contributed by atoms with Crippen molar-refractivity contribution in [3.8, 4) is 5.75 Å². The second kappa shape index (κ2) is 5.73. The standard InChI is InChI=1S/C16H17F2NOS/c1-19-16(14-6-9-4-3-5-13(9)21-14)15-11(17)7-10(20-2)8-12(15)18/h6-8,16,19H,3-5H2,1-2H3. The van der Waals surface area contributed by atoms with Crippen LogP contribution in [0.1, 0.15) is 33.3 Å². The van der Waals surface area contributed by atoms with Crippen LogP contribution in [0.25, 0.3) is 0 Å². The molecular weight excluding hydrogens is 292 g/mol. The highest BCUT2D eigenvalue weighted by molar-refractivity contribution is 7.12. The Balaban J connectivity index is 2.03. The maximum atomic E-state index is 14.3. The first-order chi connectivity index (χ1) is 10.1. The van der Waals surface area contributed by atoms with Gasteiger partial charge in [-0.25, -0.2) is 8.78 Å². The topological polar surface area (TPSA) is 21.3 Å². The average molecular weight is 309 g/mol. The summed E-state index contributed by atoms with van der Waals surface area (Å²) in [6.07, 6.45) is 3.32. The first-order valence-electron chi connectivity index (χ1n) is 6.95. The molecule has 1 heterocycles. The normalized spacial score (nSPS) is 15.0. The monoisotopic (exact) mass is 309 g/mol. The Morgan fingerprint density at radius 1 is 1.19 bits per heavy atom. The summed E-state index contributed by atoms with van der Waals surface area (Å²) in [7, 11) is 3.12. The van der Waals surface area contributed by atoms with Crippen molar-refractivity contribution in [3.63, 3.8) is 0 Å². The molecule has 0 saturated heterocycles. The highest BCUT2D eigenvalue weighted by atomic mass is 32.1. The van der Waals surface area contributed by atoms with E-state index >= 15 is 0 Å². The van der Waals surface area contributed by atoms with Gasteiger partial charge in [0.1, 0.15) is 17.4 Å². The van der Waals surface area contributed by atoms with E-state index in [1.54, 1.807) is 18.4 Å². The summed E-state index contributed by atoms with van der Waals surface area (Å²) in [5.74, 6) is -0.975. The molecule has 1 aromatic heterocycles. The zero-order valence-corrected chi connectivity index (χ0v) is 12.8. The van der Waals surface area contributed by atoms with Crippen molar-refractivity contribution in [3.05, 3.63) is 50.7 Å². The van der Waals surface area contributed by atoms with E-state index in [9.17, 15) is 8.78 Å². The smallest absolute Gasteiger partial charge is 0.134 e. The molecule has 1 N–H and O–H groups in total. The molecule has 0 radical (unpaired) electrons. The Bertz CT molecular complexity index is 624. The molecule has 0 saturated carbocycles. The van der Waals surface area contributed by atoms with Crippen LogP contribution in [0.3, 0.4) is 0 Å². The van der Waals surface area contributed by atoms with Gasteiger partial charge in [0.2, 0.25) is 0 Å². The molecule has 21 heavy (non-hydrogen) atoms. The number of ether oxygens (including phenoxy) is 1. The number of benzene rings is 1. The lowest BCUT2D eigenvalue weighted by Crippen LogP contribution is -2.19. The Morgan fingerprint density at radius 3 is 2.48 bits per heavy atom. The van der Waals surface area contributed by atoms with Gasteiger partial charge in [0, 0.05) is 27.5 Å². The van der Waals surface area contributed by atoms with Gasteiger partial charge < -0.3 is 10.1 Å². The van der Waals surface area contributed by atoms with Gasteiger partial charge in [0.15, 0.2) is 0 Å². The lowest BCUT2D eigenvalue weighted by molar-refractivity contribution is 0.403. The van der Waals surface area contributed by atoms with E-state index in [0.717, 1.165) is 17.7 Å². The van der Waals surface area contributed by atoms with E-state index in [0.29, 0.717) is 0 Å². The fourth-order valence-corrected chi connectivity index (χ4v) is 4.26. The first-order valence-corrected chi connectivity index (χ1v) is 7.77. The maximum Gasteiger partial charge on any atom is 0.134 e. The minimum Gasteiger partial charge on any atom is -0.497 e. The van der Waals surface area contributed by atoms with Crippen molar-refractivity contribution in [2.75, 3.05) is 14.2 Å². The number of methoxy groups -OCH3 is 1. The second-order valence-electron chi connectivity index (χ2n) is 5.18. The molecule has 1 aromatic carbocycles. The summed E-state index contributed by atoms with van der Waals surface area (Å²) in [5.41, 5.74) is 1.38. The number of halogens is 2. The van der Waals surface area contributed by atoms with Gasteiger partial charge in [-0.05, 0) is 37.9 Å². The zero-order chi connectivity index (χ0) is 15.0. The Morgan fingerprint density at radius 2 is 1.90 bits per heavy atom. The van der Waals surface area contributed by atoms with Crippen molar-refractivity contribution >= 4 is 11.3 Å². The van der Waals surface area contributed by atoms with E-state index in [-0.39, 0.29) is 11.3 Å². The Hall–Kier alpha value is -1.46. The molecule has 1 unspecified atom stereocenters. The molecule has 1 aliphatic rings. The SMILES string of the molecule is CNC(c1cc2c(s1)CCC2)c1c(F)cc(OC)cc1F. The van der Waals surface area contributed by atoms with Gasteiger partial charge in [-0.2, -0.15) is 0 Å². The molecule has 3 rings (SSSR count). The third-order valence-corrected chi connectivity index (χ3v) is 5.22. The van der Waals surface area contributed by atoms with Crippen LogP contribution >= 0.6 is 11.3 Å². The van der Waals surface area contributed by atoms with Crippen LogP contribution in [0.4, 0.5) is 8.78 Å². The Kier molecular flexibility index (Phi) is 3.95. The van der Waals surface area contributed by atoms with E-state index < -0.39 is 17.7 Å². The van der Waals surface area contributed by atoms with Crippen LogP contribution in [-0.2, 0) is 12.8 Å². The van der Waals surface area contributed by atoms with E-state index in [2.05, 4.69) is 11.4 Å². The number of rotatable bonds is 4. The van der Waals surface area contributed by atoms with Gasteiger partial charge in [-0.15, -0.1) is 11.3 Å². The van der Waals surface area contributed by atoms with Crippen molar-refractivity contribution in [1.29, 1.82) is 0 Å². The summed E-state index contributed by atoms with van der Waals surface area (Å²) >= 11 is 1.65. The van der Waals surface area contributed by atoms with Crippen molar-refractivity contribution in [2.45, 2.75) is 25.3 Å². The summed E-state index contributed by atoms with van der Waals surface area (Å²) in [6.45, 7) is 0. The summed E-state index contributed by atoms with van der Waals surface area (Å²) < 4.78 is 33.4. The van der Waals surface area contributed by atoms with Gasteiger partial charge in [0.05, 0.1) is 13.2 Å². The van der Waals surface area contributed by atoms with Crippen LogP contribution in [0.5, 0.6) is 5.75 Å². The third kappa shape index (κ3) is 2.56. The summed E-state index contributed by atoms with van der Waals surface area (Å²) in [6, 6.07) is 4.07. The van der Waals surface area contributed by atoms with Crippen molar-refractivity contribution in [2.24, 2.45) is 0 Å². The number of aryl methyl sites for hydroxylation is 2. The van der Waals surface area contributed by atoms with Gasteiger partial charge >= 0.3 is 0 Å². The fourth-order valence-electron chi connectivity index (χ4n) is 2.88. The number of hydrogen-bond acceptors (Lipinski definition) is 3. The molecule has 0 fully saturated rings. The Labute approximate surface area is 126 Å². The second-order valence-corrected chi connectivity index (χ2v) is 6.35. The predicted molar refractivity (Wildman–Crippen MR) is 80.2 cm³/mol.